The highest BCUT2D eigenvalue weighted by atomic mass is 32.1. The summed E-state index contributed by atoms with van der Waals surface area (Å²) in [6, 6.07) is 13.8. The van der Waals surface area contributed by atoms with Gasteiger partial charge < -0.3 is 15.3 Å². The van der Waals surface area contributed by atoms with Gasteiger partial charge in [0, 0.05) is 47.3 Å². The third kappa shape index (κ3) is 5.81. The van der Waals surface area contributed by atoms with Crippen LogP contribution in [0, 0.1) is 0 Å². The Morgan fingerprint density at radius 2 is 1.71 bits per heavy atom. The number of fused-ring (bicyclic) bond motifs is 4. The zero-order valence-corrected chi connectivity index (χ0v) is 26.9. The molecule has 2 aromatic carbocycles. The number of amides is 2. The minimum absolute atomic E-state index is 0.0720. The number of rotatable bonds is 7. The van der Waals surface area contributed by atoms with E-state index in [-0.39, 0.29) is 35.8 Å². The highest BCUT2D eigenvalue weighted by Gasteiger charge is 2.51. The van der Waals surface area contributed by atoms with E-state index in [1.807, 2.05) is 55.5 Å². The maximum Gasteiger partial charge on any atom is 0.419 e. The summed E-state index contributed by atoms with van der Waals surface area (Å²) in [5.41, 5.74) is 3.80. The minimum atomic E-state index is -4.61. The van der Waals surface area contributed by atoms with Gasteiger partial charge in [-0.3, -0.25) is 4.79 Å². The van der Waals surface area contributed by atoms with Crippen LogP contribution in [0.1, 0.15) is 63.3 Å². The van der Waals surface area contributed by atoms with Crippen LogP contribution in [0.5, 0.6) is 0 Å². The molecule has 2 atom stereocenters. The molecule has 3 aromatic heterocycles. The monoisotopic (exact) mass is 695 g/mol. The minimum Gasteiger partial charge on any atom is -0.465 e. The van der Waals surface area contributed by atoms with E-state index in [1.165, 1.54) is 12.3 Å². The third-order valence-corrected chi connectivity index (χ3v) is 10.7. The number of alkyl halides is 5. The average molecular weight is 696 g/mol. The Morgan fingerprint density at radius 1 is 1.04 bits per heavy atom. The van der Waals surface area contributed by atoms with E-state index in [2.05, 4.69) is 15.4 Å². The molecule has 14 heteroatoms. The fourth-order valence-electron chi connectivity index (χ4n) is 7.15. The number of nitrogens with zero attached hydrogens (tertiary/aromatic N) is 4. The van der Waals surface area contributed by atoms with E-state index in [0.29, 0.717) is 28.6 Å². The van der Waals surface area contributed by atoms with E-state index in [0.717, 1.165) is 49.2 Å². The van der Waals surface area contributed by atoms with Gasteiger partial charge in [-0.05, 0) is 47.6 Å². The quantitative estimate of drug-likeness (QED) is 0.168. The Kier molecular flexibility index (Phi) is 8.16. The third-order valence-electron chi connectivity index (χ3n) is 9.45. The zero-order chi connectivity index (χ0) is 34.7. The van der Waals surface area contributed by atoms with Crippen LogP contribution in [-0.4, -0.2) is 61.2 Å². The number of carboxylic acid groups (broad SMARTS) is 1. The van der Waals surface area contributed by atoms with Crippen LogP contribution in [0.15, 0.2) is 73.2 Å². The van der Waals surface area contributed by atoms with Crippen molar-refractivity contribution >= 4 is 29.0 Å². The van der Waals surface area contributed by atoms with Gasteiger partial charge in [-0.15, -0.1) is 11.3 Å². The first-order chi connectivity index (χ1) is 23.4. The lowest BCUT2D eigenvalue weighted by Crippen LogP contribution is -2.63. The summed E-state index contributed by atoms with van der Waals surface area (Å²) >= 11 is 1.07. The molecule has 7 rings (SSSR count). The van der Waals surface area contributed by atoms with Crippen LogP contribution in [0.3, 0.4) is 0 Å². The van der Waals surface area contributed by atoms with Crippen molar-refractivity contribution in [1.82, 2.24) is 24.8 Å². The first kappa shape index (κ1) is 32.7. The standard InChI is InChI=1S/C35H30F5N5O3S/c1-2-28-24(25-16-42-45-17-19(35(38,39)40)15-41-31(25)45)14-29(49-28)32(46)43-30-27(12-7-13-34(30,36)37)44(33(47)48)18-26-22-10-5-3-8-20(22)21-9-4-6-11-23(21)26/h3-6,8-11,14-17,26-27,30H,2,7,12-13,18H2,1H3,(H,43,46)(H,47,48)/t27-,30+/m0/s1. The number of aromatic nitrogens is 3. The summed E-state index contributed by atoms with van der Waals surface area (Å²) < 4.78 is 72.2. The second-order valence-corrected chi connectivity index (χ2v) is 13.4. The molecule has 5 aromatic rings. The number of benzene rings is 2. The number of thiophene rings is 1. The van der Waals surface area contributed by atoms with Gasteiger partial charge in [-0.25, -0.2) is 23.1 Å². The molecule has 0 spiro atoms. The van der Waals surface area contributed by atoms with Crippen LogP contribution in [-0.2, 0) is 12.6 Å². The number of carbonyl (C=O) groups excluding carboxylic acids is 1. The Bertz CT molecular complexity index is 2030. The predicted molar refractivity (Wildman–Crippen MR) is 173 cm³/mol. The van der Waals surface area contributed by atoms with Crippen LogP contribution < -0.4 is 5.32 Å². The first-order valence-electron chi connectivity index (χ1n) is 15.8. The molecule has 8 nitrogen and oxygen atoms in total. The van der Waals surface area contributed by atoms with Crippen LogP contribution >= 0.6 is 11.3 Å². The molecule has 0 radical (unpaired) electrons. The lowest BCUT2D eigenvalue weighted by atomic mass is 9.84. The fraction of sp³-hybridized carbons (Fsp3) is 0.314. The highest BCUT2D eigenvalue weighted by molar-refractivity contribution is 7.14. The van der Waals surface area contributed by atoms with E-state index in [4.69, 9.17) is 0 Å². The summed E-state index contributed by atoms with van der Waals surface area (Å²) in [6.07, 6.45) is -2.97. The summed E-state index contributed by atoms with van der Waals surface area (Å²) in [6.45, 7) is 1.75. The first-order valence-corrected chi connectivity index (χ1v) is 16.6. The molecular weight excluding hydrogens is 665 g/mol. The summed E-state index contributed by atoms with van der Waals surface area (Å²) in [7, 11) is 0. The molecule has 2 aliphatic carbocycles. The molecule has 2 N–H and O–H groups in total. The van der Waals surface area contributed by atoms with Gasteiger partial charge in [-0.1, -0.05) is 55.5 Å². The molecule has 2 aliphatic rings. The van der Waals surface area contributed by atoms with Crippen LogP contribution in [0.2, 0.25) is 0 Å². The Hall–Kier alpha value is -4.85. The van der Waals surface area contributed by atoms with E-state index < -0.39 is 48.2 Å². The summed E-state index contributed by atoms with van der Waals surface area (Å²) in [4.78, 5) is 32.3. The number of carbonyl (C=O) groups is 2. The SMILES string of the molecule is CCc1sc(C(=O)N[C@@H]2[C@@H](N(CC3c4ccccc4-c4ccccc43)C(=O)O)CCCC2(F)F)cc1-c1cnn2cc(C(F)(F)F)cnc12. The Labute approximate surface area is 281 Å². The Balaban J connectivity index is 1.19. The molecule has 1 saturated carbocycles. The molecule has 0 unspecified atom stereocenters. The molecule has 1 fully saturated rings. The van der Waals surface area contributed by atoms with Gasteiger partial charge in [0.25, 0.3) is 11.8 Å². The number of halogens is 5. The summed E-state index contributed by atoms with van der Waals surface area (Å²) in [5, 5.41) is 17.0. The molecule has 0 bridgehead atoms. The van der Waals surface area contributed by atoms with Crippen molar-refractivity contribution < 1.29 is 36.6 Å². The van der Waals surface area contributed by atoms with Gasteiger partial charge in [0.2, 0.25) is 0 Å². The Morgan fingerprint density at radius 3 is 2.35 bits per heavy atom. The number of hydrogen-bond acceptors (Lipinski definition) is 5. The second-order valence-electron chi connectivity index (χ2n) is 12.3. The van der Waals surface area contributed by atoms with Crippen LogP contribution in [0.4, 0.5) is 26.7 Å². The average Bonchev–Trinajstić information content (AvgIpc) is 3.77. The van der Waals surface area contributed by atoms with Crippen molar-refractivity contribution in [1.29, 1.82) is 0 Å². The predicted octanol–water partition coefficient (Wildman–Crippen LogP) is 8.12. The maximum absolute atomic E-state index is 15.7. The summed E-state index contributed by atoms with van der Waals surface area (Å²) in [5.74, 6) is -4.57. The molecular formula is C35H30F5N5O3S. The van der Waals surface area contributed by atoms with Crippen molar-refractivity contribution in [3.8, 4) is 22.3 Å². The molecule has 0 saturated heterocycles. The largest absolute Gasteiger partial charge is 0.465 e. The molecule has 3 heterocycles. The number of nitrogens with one attached hydrogen (secondary N) is 1. The van der Waals surface area contributed by atoms with Crippen molar-refractivity contribution in [2.24, 2.45) is 0 Å². The van der Waals surface area contributed by atoms with E-state index in [1.54, 1.807) is 0 Å². The van der Waals surface area contributed by atoms with E-state index in [9.17, 15) is 27.9 Å². The van der Waals surface area contributed by atoms with Gasteiger partial charge in [-0.2, -0.15) is 18.3 Å². The fourth-order valence-corrected chi connectivity index (χ4v) is 8.17. The zero-order valence-electron chi connectivity index (χ0n) is 26.0. The van der Waals surface area contributed by atoms with Crippen molar-refractivity contribution in [3.63, 3.8) is 0 Å². The van der Waals surface area contributed by atoms with Gasteiger partial charge >= 0.3 is 12.3 Å². The maximum atomic E-state index is 15.7. The lowest BCUT2D eigenvalue weighted by Gasteiger charge is -2.43. The molecule has 254 valence electrons. The van der Waals surface area contributed by atoms with Crippen molar-refractivity contribution in [2.45, 2.75) is 62.7 Å². The number of aryl methyl sites for hydroxylation is 1. The topological polar surface area (TPSA) is 99.8 Å². The normalized spacial score (nSPS) is 18.7. The van der Waals surface area contributed by atoms with Crippen molar-refractivity contribution in [2.75, 3.05) is 6.54 Å². The second kappa shape index (κ2) is 12.2. The number of hydrogen-bond donors (Lipinski definition) is 2. The molecule has 49 heavy (non-hydrogen) atoms. The van der Waals surface area contributed by atoms with Gasteiger partial charge in [0.1, 0.15) is 6.04 Å². The van der Waals surface area contributed by atoms with Gasteiger partial charge in [0.15, 0.2) is 5.65 Å². The van der Waals surface area contributed by atoms with Crippen molar-refractivity contribution in [3.05, 3.63) is 99.6 Å². The lowest BCUT2D eigenvalue weighted by molar-refractivity contribution is -0.138. The van der Waals surface area contributed by atoms with Gasteiger partial charge in [0.05, 0.1) is 22.7 Å². The van der Waals surface area contributed by atoms with E-state index >= 15 is 8.78 Å². The van der Waals surface area contributed by atoms with Crippen LogP contribution in [0.25, 0.3) is 27.9 Å². The molecule has 2 amide bonds. The smallest absolute Gasteiger partial charge is 0.419 e. The highest BCUT2D eigenvalue weighted by Crippen LogP contribution is 2.46. The molecule has 0 aliphatic heterocycles.